The maximum Gasteiger partial charge on any atom is 0.230 e. The lowest BCUT2D eigenvalue weighted by atomic mass is 10.1. The monoisotopic (exact) mass is 490 g/mol. The van der Waals surface area contributed by atoms with Crippen LogP contribution < -0.4 is 5.32 Å². The van der Waals surface area contributed by atoms with Crippen LogP contribution in [-0.4, -0.2) is 50.2 Å². The van der Waals surface area contributed by atoms with Crippen molar-refractivity contribution in [3.63, 3.8) is 0 Å². The molecule has 0 unspecified atom stereocenters. The average Bonchev–Trinajstić information content (AvgIpc) is 3.63. The van der Waals surface area contributed by atoms with Crippen LogP contribution >= 0.6 is 0 Å². The summed E-state index contributed by atoms with van der Waals surface area (Å²) in [7, 11) is 1.83. The van der Waals surface area contributed by atoms with Gasteiger partial charge in [-0.1, -0.05) is 0 Å². The van der Waals surface area contributed by atoms with Crippen molar-refractivity contribution in [1.29, 1.82) is 0 Å². The number of aryl methyl sites for hydroxylation is 2. The number of H-pyrrole nitrogens is 1. The minimum atomic E-state index is -0.128. The number of hydrogen-bond acceptors (Lipinski definition) is 7. The Morgan fingerprint density at radius 3 is 2.59 bits per heavy atom. The second kappa shape index (κ2) is 9.11. The second-order valence-electron chi connectivity index (χ2n) is 8.59. The summed E-state index contributed by atoms with van der Waals surface area (Å²) >= 11 is 0. The maximum atomic E-state index is 12.7. The van der Waals surface area contributed by atoms with E-state index in [2.05, 4.69) is 40.3 Å². The van der Waals surface area contributed by atoms with Gasteiger partial charge in [0.05, 0.1) is 17.8 Å². The van der Waals surface area contributed by atoms with Gasteiger partial charge in [0.1, 0.15) is 24.0 Å². The SMILES string of the molecule is Cc1cn(-c2ncnc3nc(-c4ccc(NC(=O)Cc5cc(-c6ccncc6)nn5C)cc4)[nH]c23)cn1. The fourth-order valence-corrected chi connectivity index (χ4v) is 4.10. The molecular weight excluding hydrogens is 468 g/mol. The van der Waals surface area contributed by atoms with Crippen molar-refractivity contribution in [2.75, 3.05) is 5.32 Å². The maximum absolute atomic E-state index is 12.7. The van der Waals surface area contributed by atoms with Crippen molar-refractivity contribution < 1.29 is 4.79 Å². The van der Waals surface area contributed by atoms with Crippen LogP contribution in [0, 0.1) is 6.92 Å². The van der Waals surface area contributed by atoms with E-state index >= 15 is 0 Å². The van der Waals surface area contributed by atoms with Gasteiger partial charge in [0, 0.05) is 48.1 Å². The first-order chi connectivity index (χ1) is 18.0. The van der Waals surface area contributed by atoms with Crippen LogP contribution in [0.4, 0.5) is 5.69 Å². The van der Waals surface area contributed by atoms with Gasteiger partial charge in [-0.25, -0.2) is 19.9 Å². The summed E-state index contributed by atoms with van der Waals surface area (Å²) in [5.41, 5.74) is 6.29. The molecule has 0 atom stereocenters. The molecule has 2 N–H and O–H groups in total. The Morgan fingerprint density at radius 1 is 1.03 bits per heavy atom. The minimum absolute atomic E-state index is 0.128. The molecule has 37 heavy (non-hydrogen) atoms. The van der Waals surface area contributed by atoms with E-state index in [0.717, 1.165) is 33.7 Å². The number of nitrogens with one attached hydrogen (secondary N) is 2. The fourth-order valence-electron chi connectivity index (χ4n) is 4.10. The minimum Gasteiger partial charge on any atom is -0.334 e. The molecule has 0 saturated carbocycles. The molecule has 0 saturated heterocycles. The zero-order chi connectivity index (χ0) is 25.4. The number of pyridine rings is 1. The third-order valence-corrected chi connectivity index (χ3v) is 5.96. The van der Waals surface area contributed by atoms with Crippen molar-refractivity contribution in [1.82, 2.24) is 44.3 Å². The fraction of sp³-hybridized carbons (Fsp3) is 0.115. The van der Waals surface area contributed by atoms with Gasteiger partial charge >= 0.3 is 0 Å². The summed E-state index contributed by atoms with van der Waals surface area (Å²) in [5.74, 6) is 1.21. The first-order valence-corrected chi connectivity index (χ1v) is 11.6. The lowest BCUT2D eigenvalue weighted by Gasteiger charge is -2.06. The van der Waals surface area contributed by atoms with Gasteiger partial charge in [-0.05, 0) is 49.4 Å². The largest absolute Gasteiger partial charge is 0.334 e. The van der Waals surface area contributed by atoms with E-state index in [1.165, 1.54) is 6.33 Å². The van der Waals surface area contributed by atoms with E-state index in [-0.39, 0.29) is 12.3 Å². The predicted molar refractivity (Wildman–Crippen MR) is 138 cm³/mol. The van der Waals surface area contributed by atoms with Crippen LogP contribution in [0.15, 0.2) is 73.7 Å². The Bertz CT molecular complexity index is 1710. The summed E-state index contributed by atoms with van der Waals surface area (Å²) in [5, 5.41) is 7.47. The highest BCUT2D eigenvalue weighted by atomic mass is 16.1. The van der Waals surface area contributed by atoms with Crippen molar-refractivity contribution in [3.05, 3.63) is 85.1 Å². The number of carbonyl (C=O) groups is 1. The van der Waals surface area contributed by atoms with E-state index in [1.54, 1.807) is 23.4 Å². The molecule has 11 nitrogen and oxygen atoms in total. The molecular formula is C26H22N10O. The first kappa shape index (κ1) is 22.3. The first-order valence-electron chi connectivity index (χ1n) is 11.6. The molecule has 0 spiro atoms. The number of fused-ring (bicyclic) bond motifs is 1. The number of anilines is 1. The number of amides is 1. The van der Waals surface area contributed by atoms with Crippen molar-refractivity contribution in [2.24, 2.45) is 7.05 Å². The summed E-state index contributed by atoms with van der Waals surface area (Å²) in [6.07, 6.45) is 8.73. The Kier molecular flexibility index (Phi) is 5.49. The Hall–Kier alpha value is -5.19. The number of nitrogens with zero attached hydrogens (tertiary/aromatic N) is 8. The van der Waals surface area contributed by atoms with Gasteiger partial charge in [-0.2, -0.15) is 5.10 Å². The van der Waals surface area contributed by atoms with E-state index in [9.17, 15) is 4.79 Å². The number of carbonyl (C=O) groups excluding carboxylic acids is 1. The van der Waals surface area contributed by atoms with Gasteiger partial charge in [0.15, 0.2) is 11.5 Å². The van der Waals surface area contributed by atoms with Crippen LogP contribution in [0.25, 0.3) is 39.6 Å². The lowest BCUT2D eigenvalue weighted by molar-refractivity contribution is -0.115. The van der Waals surface area contributed by atoms with Gasteiger partial charge in [-0.3, -0.25) is 19.0 Å². The van der Waals surface area contributed by atoms with Crippen molar-refractivity contribution >= 4 is 22.8 Å². The number of benzene rings is 1. The van der Waals surface area contributed by atoms with Crippen LogP contribution in [0.2, 0.25) is 0 Å². The number of aromatic amines is 1. The quantitative estimate of drug-likeness (QED) is 0.365. The molecule has 0 fully saturated rings. The molecule has 5 heterocycles. The van der Waals surface area contributed by atoms with Gasteiger partial charge in [0.2, 0.25) is 5.91 Å². The van der Waals surface area contributed by atoms with E-state index in [0.29, 0.717) is 23.0 Å². The zero-order valence-corrected chi connectivity index (χ0v) is 20.1. The van der Waals surface area contributed by atoms with E-state index < -0.39 is 0 Å². The Morgan fingerprint density at radius 2 is 1.84 bits per heavy atom. The number of aromatic nitrogens is 9. The highest BCUT2D eigenvalue weighted by Crippen LogP contribution is 2.24. The van der Waals surface area contributed by atoms with Crippen molar-refractivity contribution in [3.8, 4) is 28.5 Å². The molecule has 1 aromatic carbocycles. The highest BCUT2D eigenvalue weighted by Gasteiger charge is 2.14. The normalized spacial score (nSPS) is 11.2. The molecule has 0 aliphatic heterocycles. The Labute approximate surface area is 211 Å². The lowest BCUT2D eigenvalue weighted by Crippen LogP contribution is -2.16. The molecule has 0 aliphatic carbocycles. The molecule has 0 aliphatic rings. The molecule has 0 bridgehead atoms. The molecule has 6 rings (SSSR count). The standard InChI is InChI=1S/C26H22N10O/c1-16-13-36(15-30-16)26-23-25(28-14-29-26)33-24(32-23)18-3-5-19(6-4-18)31-22(37)12-20-11-21(34-35(20)2)17-7-9-27-10-8-17/h3-11,13-15H,12H2,1-2H3,(H,31,37)(H,28,29,32,33). The summed E-state index contributed by atoms with van der Waals surface area (Å²) in [4.78, 5) is 37.6. The molecule has 0 radical (unpaired) electrons. The number of hydrogen-bond donors (Lipinski definition) is 2. The molecule has 182 valence electrons. The molecule has 6 aromatic rings. The Balaban J connectivity index is 1.17. The van der Waals surface area contributed by atoms with Crippen molar-refractivity contribution in [2.45, 2.75) is 13.3 Å². The van der Waals surface area contributed by atoms with Gasteiger partial charge in [0.25, 0.3) is 0 Å². The highest BCUT2D eigenvalue weighted by molar-refractivity contribution is 5.92. The smallest absolute Gasteiger partial charge is 0.230 e. The summed E-state index contributed by atoms with van der Waals surface area (Å²) < 4.78 is 3.56. The van der Waals surface area contributed by atoms with Crippen LogP contribution in [-0.2, 0) is 18.3 Å². The summed E-state index contributed by atoms with van der Waals surface area (Å²) in [6.45, 7) is 1.92. The van der Waals surface area contributed by atoms with E-state index in [4.69, 9.17) is 0 Å². The van der Waals surface area contributed by atoms with Crippen LogP contribution in [0.1, 0.15) is 11.4 Å². The molecule has 5 aromatic heterocycles. The van der Waals surface area contributed by atoms with Gasteiger partial charge in [-0.15, -0.1) is 0 Å². The van der Waals surface area contributed by atoms with E-state index in [1.807, 2.05) is 67.2 Å². The van der Waals surface area contributed by atoms with Gasteiger partial charge < -0.3 is 10.3 Å². The number of rotatable bonds is 6. The van der Waals surface area contributed by atoms with Crippen LogP contribution in [0.3, 0.4) is 0 Å². The molecule has 1 amide bonds. The topological polar surface area (TPSA) is 132 Å². The summed E-state index contributed by atoms with van der Waals surface area (Å²) in [6, 6.07) is 13.2. The third kappa shape index (κ3) is 4.45. The average molecular weight is 491 g/mol. The predicted octanol–water partition coefficient (Wildman–Crippen LogP) is 3.49. The zero-order valence-electron chi connectivity index (χ0n) is 20.1. The second-order valence-corrected chi connectivity index (χ2v) is 8.59. The molecule has 11 heteroatoms. The van der Waals surface area contributed by atoms with Crippen LogP contribution in [0.5, 0.6) is 0 Å². The number of imidazole rings is 2. The third-order valence-electron chi connectivity index (χ3n) is 5.96.